The molecule has 0 aliphatic carbocycles. The highest BCUT2D eigenvalue weighted by molar-refractivity contribution is 5.94. The average molecular weight is 573 g/mol. The van der Waals surface area contributed by atoms with E-state index in [2.05, 4.69) is 27.6 Å². The number of nitrogens with one attached hydrogen (secondary N) is 1. The molecule has 2 aromatic heterocycles. The summed E-state index contributed by atoms with van der Waals surface area (Å²) in [4.78, 5) is 27.5. The first-order valence-corrected chi connectivity index (χ1v) is 13.9. The molecule has 11 heteroatoms. The quantitative estimate of drug-likeness (QED) is 0.291. The summed E-state index contributed by atoms with van der Waals surface area (Å²) in [5.41, 5.74) is 3.88. The van der Waals surface area contributed by atoms with Crippen molar-refractivity contribution in [3.8, 4) is 17.3 Å². The van der Waals surface area contributed by atoms with Gasteiger partial charge in [0.25, 0.3) is 0 Å². The van der Waals surface area contributed by atoms with Crippen LogP contribution in [0.2, 0.25) is 0 Å². The van der Waals surface area contributed by atoms with E-state index in [-0.39, 0.29) is 24.2 Å². The Labute approximate surface area is 243 Å². The number of likely N-dealkylation sites (tertiary alicyclic amines) is 1. The molecule has 2 N–H and O–H groups in total. The van der Waals surface area contributed by atoms with Crippen LogP contribution in [0, 0.1) is 17.1 Å². The monoisotopic (exact) mass is 572 g/mol. The molecule has 0 unspecified atom stereocenters. The highest BCUT2D eigenvalue weighted by Crippen LogP contribution is 2.31. The summed E-state index contributed by atoms with van der Waals surface area (Å²) in [5, 5.41) is 19.2. The molecule has 4 heterocycles. The third-order valence-electron chi connectivity index (χ3n) is 7.48. The fourth-order valence-corrected chi connectivity index (χ4v) is 5.24. The molecule has 0 spiro atoms. The number of H-pyrrole nitrogens is 1. The molecule has 5 rings (SSSR count). The van der Waals surface area contributed by atoms with Gasteiger partial charge in [0.2, 0.25) is 5.91 Å². The number of carbonyl (C=O) groups excluding carboxylic acids is 1. The third kappa shape index (κ3) is 6.51. The van der Waals surface area contributed by atoms with E-state index in [1.807, 2.05) is 17.0 Å². The number of piperidine rings is 1. The maximum absolute atomic E-state index is 15.1. The number of nitriles is 1. The zero-order chi connectivity index (χ0) is 29.5. The maximum atomic E-state index is 15.1. The number of allylic oxidation sites excluding steroid dienone is 5. The van der Waals surface area contributed by atoms with E-state index >= 15 is 4.39 Å². The Morgan fingerprint density at radius 3 is 2.69 bits per heavy atom. The number of anilines is 1. The van der Waals surface area contributed by atoms with E-state index < -0.39 is 6.61 Å². The summed E-state index contributed by atoms with van der Waals surface area (Å²) in [6, 6.07) is 9.22. The number of benzene rings is 1. The SMILES string of the molecule is C=C/C(=C\C=C(/CC#N)OC1CCN(C(=O)CO)CC1)c1ncnc2[nH]c(-c3ccc(N4CCOCC4)c(F)c3)cc12. The predicted molar refractivity (Wildman–Crippen MR) is 157 cm³/mol. The molecule has 2 aliphatic heterocycles. The number of aliphatic hydroxyl groups excluding tert-OH is 1. The molecule has 10 nitrogen and oxygen atoms in total. The topological polar surface area (TPSA) is 128 Å². The molecular weight excluding hydrogens is 539 g/mol. The first kappa shape index (κ1) is 29.0. The zero-order valence-electron chi connectivity index (χ0n) is 23.3. The Morgan fingerprint density at radius 2 is 2.00 bits per heavy atom. The fraction of sp³-hybridized carbons (Fsp3) is 0.355. The van der Waals surface area contributed by atoms with Crippen molar-refractivity contribution in [2.45, 2.75) is 25.4 Å². The predicted octanol–water partition coefficient (Wildman–Crippen LogP) is 3.97. The van der Waals surface area contributed by atoms with Gasteiger partial charge in [-0.2, -0.15) is 5.26 Å². The van der Waals surface area contributed by atoms with Gasteiger partial charge in [-0.15, -0.1) is 0 Å². The Bertz CT molecular complexity index is 1540. The average Bonchev–Trinajstić information content (AvgIpc) is 3.47. The number of fused-ring (bicyclic) bond motifs is 1. The zero-order valence-corrected chi connectivity index (χ0v) is 23.3. The number of nitrogens with zero attached hydrogens (tertiary/aromatic N) is 5. The van der Waals surface area contributed by atoms with Gasteiger partial charge >= 0.3 is 0 Å². The minimum atomic E-state index is -0.503. The molecule has 1 amide bonds. The highest BCUT2D eigenvalue weighted by Gasteiger charge is 2.24. The van der Waals surface area contributed by atoms with Crippen molar-refractivity contribution in [1.82, 2.24) is 19.9 Å². The van der Waals surface area contributed by atoms with Gasteiger partial charge in [-0.05, 0) is 30.4 Å². The van der Waals surface area contributed by atoms with Crippen LogP contribution in [0.25, 0.3) is 27.9 Å². The Hall–Kier alpha value is -4.53. The summed E-state index contributed by atoms with van der Waals surface area (Å²) in [5.74, 6) is -0.0921. The van der Waals surface area contributed by atoms with Crippen molar-refractivity contribution < 1.29 is 23.8 Å². The van der Waals surface area contributed by atoms with E-state index in [0.29, 0.717) is 91.9 Å². The van der Waals surface area contributed by atoms with Crippen LogP contribution in [0.4, 0.5) is 10.1 Å². The second-order valence-corrected chi connectivity index (χ2v) is 10.1. The Morgan fingerprint density at radius 1 is 1.21 bits per heavy atom. The minimum absolute atomic E-state index is 0.0796. The van der Waals surface area contributed by atoms with Gasteiger partial charge in [0, 0.05) is 61.2 Å². The number of rotatable bonds is 9. The van der Waals surface area contributed by atoms with Crippen molar-refractivity contribution in [2.24, 2.45) is 0 Å². The highest BCUT2D eigenvalue weighted by atomic mass is 19.1. The van der Waals surface area contributed by atoms with Gasteiger partial charge in [0.1, 0.15) is 36.3 Å². The molecule has 3 aromatic rings. The van der Waals surface area contributed by atoms with Crippen LogP contribution in [0.1, 0.15) is 25.0 Å². The second kappa shape index (κ2) is 13.4. The number of ether oxygens (including phenoxy) is 2. The van der Waals surface area contributed by atoms with E-state index in [1.165, 1.54) is 12.4 Å². The Kier molecular flexibility index (Phi) is 9.26. The molecule has 0 bridgehead atoms. The lowest BCUT2D eigenvalue weighted by atomic mass is 10.1. The van der Waals surface area contributed by atoms with E-state index in [0.717, 1.165) is 5.39 Å². The molecule has 218 valence electrons. The smallest absolute Gasteiger partial charge is 0.248 e. The van der Waals surface area contributed by atoms with Gasteiger partial charge in [0.05, 0.1) is 37.1 Å². The third-order valence-corrected chi connectivity index (χ3v) is 7.48. The number of morpholine rings is 1. The first-order chi connectivity index (χ1) is 20.5. The van der Waals surface area contributed by atoms with Gasteiger partial charge in [0.15, 0.2) is 0 Å². The van der Waals surface area contributed by atoms with Crippen molar-refractivity contribution in [3.63, 3.8) is 0 Å². The fourth-order valence-electron chi connectivity index (χ4n) is 5.24. The number of hydrogen-bond donors (Lipinski definition) is 2. The van der Waals surface area contributed by atoms with Gasteiger partial charge in [-0.25, -0.2) is 14.4 Å². The van der Waals surface area contributed by atoms with Crippen LogP contribution in [-0.2, 0) is 14.3 Å². The summed E-state index contributed by atoms with van der Waals surface area (Å²) in [6.45, 7) is 6.90. The summed E-state index contributed by atoms with van der Waals surface area (Å²) < 4.78 is 26.6. The number of aromatic nitrogens is 3. The van der Waals surface area contributed by atoms with Crippen molar-refractivity contribution in [3.05, 3.63) is 72.7 Å². The summed E-state index contributed by atoms with van der Waals surface area (Å²) in [6.07, 6.45) is 7.83. The first-order valence-electron chi connectivity index (χ1n) is 13.9. The molecule has 2 saturated heterocycles. The van der Waals surface area contributed by atoms with Crippen LogP contribution in [0.5, 0.6) is 0 Å². The lowest BCUT2D eigenvalue weighted by molar-refractivity contribution is -0.136. The minimum Gasteiger partial charge on any atom is -0.494 e. The van der Waals surface area contributed by atoms with Gasteiger partial charge in [-0.3, -0.25) is 4.79 Å². The second-order valence-electron chi connectivity index (χ2n) is 10.1. The normalized spacial score (nSPS) is 16.9. The number of hydrogen-bond acceptors (Lipinski definition) is 8. The number of halogens is 1. The molecule has 42 heavy (non-hydrogen) atoms. The molecule has 0 atom stereocenters. The standard InChI is InChI=1S/C31H33FN6O4/c1-2-21(3-5-23(7-10-33)42-24-8-11-38(12-9-24)29(40)19-39)30-25-18-27(36-31(25)35-20-34-30)22-4-6-28(26(32)17-22)37-13-15-41-16-14-37/h2-6,17-18,20,24,39H,1,7-9,11-16,19H2,(H,34,35,36)/b21-3+,23-5+. The lowest BCUT2D eigenvalue weighted by Crippen LogP contribution is -2.42. The van der Waals surface area contributed by atoms with Crippen LogP contribution in [0.3, 0.4) is 0 Å². The Balaban J connectivity index is 1.37. The van der Waals surface area contributed by atoms with Gasteiger partial charge < -0.3 is 29.4 Å². The van der Waals surface area contributed by atoms with E-state index in [4.69, 9.17) is 14.6 Å². The number of carbonyl (C=O) groups is 1. The molecule has 2 fully saturated rings. The van der Waals surface area contributed by atoms with Crippen LogP contribution in [-0.4, -0.2) is 83.0 Å². The van der Waals surface area contributed by atoms with Crippen LogP contribution >= 0.6 is 0 Å². The molecule has 0 radical (unpaired) electrons. The van der Waals surface area contributed by atoms with Crippen LogP contribution in [0.15, 0.2) is 61.2 Å². The number of amides is 1. The van der Waals surface area contributed by atoms with Crippen LogP contribution < -0.4 is 4.90 Å². The maximum Gasteiger partial charge on any atom is 0.248 e. The number of aromatic amines is 1. The molecular formula is C31H33FN6O4. The molecule has 1 aromatic carbocycles. The van der Waals surface area contributed by atoms with E-state index in [9.17, 15) is 10.1 Å². The summed E-state index contributed by atoms with van der Waals surface area (Å²) >= 11 is 0. The van der Waals surface area contributed by atoms with E-state index in [1.54, 1.807) is 29.2 Å². The van der Waals surface area contributed by atoms with Gasteiger partial charge in [-0.1, -0.05) is 18.7 Å². The summed E-state index contributed by atoms with van der Waals surface area (Å²) in [7, 11) is 0. The number of aliphatic hydroxyl groups is 1. The van der Waals surface area contributed by atoms with Crippen molar-refractivity contribution in [2.75, 3.05) is 50.9 Å². The lowest BCUT2D eigenvalue weighted by Gasteiger charge is -2.32. The molecule has 2 aliphatic rings. The van der Waals surface area contributed by atoms with Crippen molar-refractivity contribution >= 4 is 28.2 Å². The largest absolute Gasteiger partial charge is 0.494 e. The molecule has 0 saturated carbocycles. The van der Waals surface area contributed by atoms with Crippen molar-refractivity contribution in [1.29, 1.82) is 5.26 Å².